The van der Waals surface area contributed by atoms with Crippen molar-refractivity contribution >= 4 is 11.9 Å². The number of morpholine rings is 1. The third-order valence-corrected chi connectivity index (χ3v) is 4.15. The lowest BCUT2D eigenvalue weighted by Crippen LogP contribution is -2.37. The van der Waals surface area contributed by atoms with Crippen LogP contribution in [-0.2, 0) is 17.8 Å². The van der Waals surface area contributed by atoms with Crippen LogP contribution < -0.4 is 4.90 Å². The molecule has 7 nitrogen and oxygen atoms in total. The summed E-state index contributed by atoms with van der Waals surface area (Å²) in [5.41, 5.74) is 2.60. The molecular formula is C16H17N5O2. The number of carbonyl (C=O) groups is 1. The van der Waals surface area contributed by atoms with E-state index in [2.05, 4.69) is 19.9 Å². The molecule has 1 fully saturated rings. The summed E-state index contributed by atoms with van der Waals surface area (Å²) in [7, 11) is 0. The van der Waals surface area contributed by atoms with Crippen LogP contribution in [0, 0.1) is 0 Å². The molecule has 0 radical (unpaired) electrons. The number of rotatable bonds is 2. The average Bonchev–Trinajstić information content (AvgIpc) is 3.06. The molecule has 0 unspecified atom stereocenters. The van der Waals surface area contributed by atoms with Gasteiger partial charge in [-0.25, -0.2) is 9.97 Å². The number of anilines is 1. The van der Waals surface area contributed by atoms with E-state index in [-0.39, 0.29) is 5.91 Å². The molecule has 0 aliphatic carbocycles. The fourth-order valence-electron chi connectivity index (χ4n) is 2.88. The first-order valence-corrected chi connectivity index (χ1v) is 7.68. The van der Waals surface area contributed by atoms with Gasteiger partial charge in [-0.3, -0.25) is 9.78 Å². The molecule has 1 saturated heterocycles. The first-order chi connectivity index (χ1) is 11.3. The van der Waals surface area contributed by atoms with Crippen LogP contribution in [0.4, 0.5) is 5.95 Å². The number of ether oxygens (including phenoxy) is 1. The molecule has 0 bridgehead atoms. The van der Waals surface area contributed by atoms with Crippen LogP contribution in [0.5, 0.6) is 0 Å². The van der Waals surface area contributed by atoms with E-state index >= 15 is 0 Å². The Hall–Kier alpha value is -2.54. The van der Waals surface area contributed by atoms with Gasteiger partial charge in [0.1, 0.15) is 0 Å². The lowest BCUT2D eigenvalue weighted by Gasteiger charge is -2.26. The number of fused-ring (bicyclic) bond motifs is 1. The Balaban J connectivity index is 1.52. The van der Waals surface area contributed by atoms with Crippen LogP contribution in [0.15, 0.2) is 30.7 Å². The minimum Gasteiger partial charge on any atom is -0.378 e. The minimum absolute atomic E-state index is 0.00155. The predicted molar refractivity (Wildman–Crippen MR) is 82.9 cm³/mol. The largest absolute Gasteiger partial charge is 0.378 e. The molecule has 23 heavy (non-hydrogen) atoms. The van der Waals surface area contributed by atoms with Gasteiger partial charge >= 0.3 is 0 Å². The highest BCUT2D eigenvalue weighted by Crippen LogP contribution is 2.24. The van der Waals surface area contributed by atoms with E-state index in [9.17, 15) is 4.79 Å². The molecule has 4 rings (SSSR count). The predicted octanol–water partition coefficient (Wildman–Crippen LogP) is 0.864. The third-order valence-electron chi connectivity index (χ3n) is 4.15. The van der Waals surface area contributed by atoms with Crippen molar-refractivity contribution < 1.29 is 9.53 Å². The highest BCUT2D eigenvalue weighted by molar-refractivity contribution is 5.94. The zero-order valence-corrected chi connectivity index (χ0v) is 12.7. The molecule has 4 heterocycles. The number of pyridine rings is 1. The number of carbonyl (C=O) groups excluding carboxylic acids is 1. The normalized spacial score (nSPS) is 17.2. The first kappa shape index (κ1) is 14.1. The smallest absolute Gasteiger partial charge is 0.254 e. The Kier molecular flexibility index (Phi) is 3.63. The molecule has 1 amide bonds. The summed E-state index contributed by atoms with van der Waals surface area (Å²) in [6.45, 7) is 4.09. The maximum atomic E-state index is 12.5. The fourth-order valence-corrected chi connectivity index (χ4v) is 2.88. The second-order valence-electron chi connectivity index (χ2n) is 5.64. The summed E-state index contributed by atoms with van der Waals surface area (Å²) in [5.74, 6) is 0.726. The van der Waals surface area contributed by atoms with Crippen molar-refractivity contribution in [3.05, 3.63) is 47.5 Å². The SMILES string of the molecule is O=C(c1ccncc1)N1Cc2cnc(N3CCOCC3)nc2C1. The van der Waals surface area contributed by atoms with Crippen LogP contribution in [0.3, 0.4) is 0 Å². The van der Waals surface area contributed by atoms with Crippen LogP contribution in [0.2, 0.25) is 0 Å². The second-order valence-corrected chi connectivity index (χ2v) is 5.64. The summed E-state index contributed by atoms with van der Waals surface area (Å²) in [6.07, 6.45) is 5.10. The molecule has 0 atom stereocenters. The summed E-state index contributed by atoms with van der Waals surface area (Å²) in [4.78, 5) is 29.5. The number of aromatic nitrogens is 3. The van der Waals surface area contributed by atoms with Gasteiger partial charge in [0, 0.05) is 49.4 Å². The number of amides is 1. The highest BCUT2D eigenvalue weighted by Gasteiger charge is 2.27. The zero-order valence-electron chi connectivity index (χ0n) is 12.7. The van der Waals surface area contributed by atoms with E-state index in [0.717, 1.165) is 30.3 Å². The van der Waals surface area contributed by atoms with Gasteiger partial charge in [-0.05, 0) is 12.1 Å². The summed E-state index contributed by atoms with van der Waals surface area (Å²) in [6, 6.07) is 3.46. The summed E-state index contributed by atoms with van der Waals surface area (Å²) < 4.78 is 5.36. The van der Waals surface area contributed by atoms with Gasteiger partial charge in [0.25, 0.3) is 5.91 Å². The van der Waals surface area contributed by atoms with Crippen LogP contribution >= 0.6 is 0 Å². The Morgan fingerprint density at radius 3 is 2.70 bits per heavy atom. The summed E-state index contributed by atoms with van der Waals surface area (Å²) in [5, 5.41) is 0. The topological polar surface area (TPSA) is 71.5 Å². The van der Waals surface area contributed by atoms with Gasteiger partial charge in [0.2, 0.25) is 5.95 Å². The van der Waals surface area contributed by atoms with E-state index in [4.69, 9.17) is 4.74 Å². The van der Waals surface area contributed by atoms with Crippen molar-refractivity contribution in [2.24, 2.45) is 0 Å². The molecule has 2 aliphatic rings. The van der Waals surface area contributed by atoms with E-state index < -0.39 is 0 Å². The Labute approximate surface area is 133 Å². The Morgan fingerprint density at radius 1 is 1.13 bits per heavy atom. The fraction of sp³-hybridized carbons (Fsp3) is 0.375. The van der Waals surface area contributed by atoms with Crippen molar-refractivity contribution in [3.8, 4) is 0 Å². The van der Waals surface area contributed by atoms with Crippen molar-refractivity contribution in [1.82, 2.24) is 19.9 Å². The maximum Gasteiger partial charge on any atom is 0.254 e. The van der Waals surface area contributed by atoms with Gasteiger partial charge in [-0.1, -0.05) is 0 Å². The third kappa shape index (κ3) is 2.75. The van der Waals surface area contributed by atoms with E-state index in [1.165, 1.54) is 0 Å². The first-order valence-electron chi connectivity index (χ1n) is 7.68. The van der Waals surface area contributed by atoms with Crippen LogP contribution in [0.25, 0.3) is 0 Å². The molecule has 2 aromatic rings. The minimum atomic E-state index is -0.00155. The summed E-state index contributed by atoms with van der Waals surface area (Å²) >= 11 is 0. The van der Waals surface area contributed by atoms with E-state index in [0.29, 0.717) is 31.9 Å². The van der Waals surface area contributed by atoms with E-state index in [1.54, 1.807) is 29.4 Å². The highest BCUT2D eigenvalue weighted by atomic mass is 16.5. The zero-order chi connectivity index (χ0) is 15.6. The molecule has 7 heteroatoms. The van der Waals surface area contributed by atoms with Gasteiger partial charge < -0.3 is 14.5 Å². The molecule has 0 spiro atoms. The number of hydrogen-bond acceptors (Lipinski definition) is 6. The monoisotopic (exact) mass is 311 g/mol. The number of hydrogen-bond donors (Lipinski definition) is 0. The van der Waals surface area contributed by atoms with Crippen molar-refractivity contribution in [1.29, 1.82) is 0 Å². The average molecular weight is 311 g/mol. The van der Waals surface area contributed by atoms with Gasteiger partial charge in [0.15, 0.2) is 0 Å². The standard InChI is InChI=1S/C16H17N5O2/c22-15(12-1-3-17-4-2-12)21-10-13-9-18-16(19-14(13)11-21)20-5-7-23-8-6-20/h1-4,9H,5-8,10-11H2. The lowest BCUT2D eigenvalue weighted by atomic mass is 10.2. The quantitative estimate of drug-likeness (QED) is 0.819. The molecule has 0 aromatic carbocycles. The molecule has 118 valence electrons. The molecular weight excluding hydrogens is 294 g/mol. The van der Waals surface area contributed by atoms with Gasteiger partial charge in [0.05, 0.1) is 25.5 Å². The van der Waals surface area contributed by atoms with Crippen LogP contribution in [0.1, 0.15) is 21.6 Å². The molecule has 0 N–H and O–H groups in total. The van der Waals surface area contributed by atoms with Crippen molar-refractivity contribution in [2.75, 3.05) is 31.2 Å². The Bertz CT molecular complexity index is 716. The molecule has 0 saturated carbocycles. The van der Waals surface area contributed by atoms with E-state index in [1.807, 2.05) is 6.20 Å². The number of nitrogens with zero attached hydrogens (tertiary/aromatic N) is 5. The van der Waals surface area contributed by atoms with Crippen molar-refractivity contribution in [2.45, 2.75) is 13.1 Å². The van der Waals surface area contributed by atoms with Gasteiger partial charge in [-0.2, -0.15) is 0 Å². The maximum absolute atomic E-state index is 12.5. The molecule has 2 aliphatic heterocycles. The lowest BCUT2D eigenvalue weighted by molar-refractivity contribution is 0.0750. The van der Waals surface area contributed by atoms with Gasteiger partial charge in [-0.15, -0.1) is 0 Å². The van der Waals surface area contributed by atoms with Crippen LogP contribution in [-0.4, -0.2) is 52.1 Å². The molecule has 2 aromatic heterocycles. The van der Waals surface area contributed by atoms with Crippen molar-refractivity contribution in [3.63, 3.8) is 0 Å². The Morgan fingerprint density at radius 2 is 1.91 bits per heavy atom. The second kappa shape index (κ2) is 5.92.